The summed E-state index contributed by atoms with van der Waals surface area (Å²) in [4.78, 5) is 13.4. The van der Waals surface area contributed by atoms with Gasteiger partial charge in [-0.2, -0.15) is 0 Å². The third-order valence-electron chi connectivity index (χ3n) is 7.69. The number of methoxy groups -OCH3 is 1. The summed E-state index contributed by atoms with van der Waals surface area (Å²) < 4.78 is 12.3. The standard InChI is InChI=1S/C28H38N2O3/c1-4-28(5-2,32-3)25-17-12-20-29(25)30-24(19-18-22-13-8-6-9-14-22)26(27(30)31)33-21-23-15-10-7-11-16-23/h6-11,13-16,24-26H,4-5,12,17-21H2,1-3H3/t24-,25+,26+/m1/s1. The van der Waals surface area contributed by atoms with Gasteiger partial charge in [-0.3, -0.25) is 9.80 Å². The van der Waals surface area contributed by atoms with Crippen molar-refractivity contribution in [2.24, 2.45) is 0 Å². The molecule has 0 N–H and O–H groups in total. The molecule has 0 saturated carbocycles. The van der Waals surface area contributed by atoms with Gasteiger partial charge in [0, 0.05) is 13.7 Å². The molecule has 33 heavy (non-hydrogen) atoms. The van der Waals surface area contributed by atoms with Crippen LogP contribution in [0.15, 0.2) is 60.7 Å². The fourth-order valence-electron chi connectivity index (χ4n) is 5.69. The van der Waals surface area contributed by atoms with E-state index in [2.05, 4.69) is 43.1 Å². The molecule has 2 heterocycles. The third-order valence-corrected chi connectivity index (χ3v) is 7.69. The lowest BCUT2D eigenvalue weighted by Gasteiger charge is -2.54. The van der Waals surface area contributed by atoms with E-state index in [-0.39, 0.29) is 23.6 Å². The third kappa shape index (κ3) is 4.86. The summed E-state index contributed by atoms with van der Waals surface area (Å²) in [5, 5.41) is 4.34. The molecule has 4 rings (SSSR count). The Kier molecular flexibility index (Phi) is 7.84. The van der Waals surface area contributed by atoms with Crippen molar-refractivity contribution in [1.29, 1.82) is 0 Å². The summed E-state index contributed by atoms with van der Waals surface area (Å²) in [6.45, 7) is 5.75. The van der Waals surface area contributed by atoms with Crippen LogP contribution >= 0.6 is 0 Å². The van der Waals surface area contributed by atoms with Crippen LogP contribution < -0.4 is 0 Å². The molecule has 2 fully saturated rings. The van der Waals surface area contributed by atoms with Crippen molar-refractivity contribution in [2.75, 3.05) is 13.7 Å². The molecule has 1 amide bonds. The van der Waals surface area contributed by atoms with E-state index in [1.807, 2.05) is 48.5 Å². The second-order valence-corrected chi connectivity index (χ2v) is 9.29. The molecular weight excluding hydrogens is 412 g/mol. The Morgan fingerprint density at radius 2 is 1.61 bits per heavy atom. The SMILES string of the molecule is CCC(CC)(OC)[C@@H]1CCCN1N1C(=O)[C@@H](OCc2ccccc2)[C@H]1CCc1ccccc1. The Hall–Kier alpha value is -2.21. The zero-order valence-electron chi connectivity index (χ0n) is 20.3. The van der Waals surface area contributed by atoms with Crippen molar-refractivity contribution in [1.82, 2.24) is 10.0 Å². The van der Waals surface area contributed by atoms with E-state index in [1.165, 1.54) is 5.56 Å². The Balaban J connectivity index is 1.52. The molecule has 0 unspecified atom stereocenters. The van der Waals surface area contributed by atoms with Crippen molar-refractivity contribution in [2.45, 2.75) is 82.8 Å². The molecule has 2 aliphatic heterocycles. The molecule has 3 atom stereocenters. The minimum absolute atomic E-state index is 0.0466. The summed E-state index contributed by atoms with van der Waals surface area (Å²) in [5.74, 6) is 0.0908. The van der Waals surface area contributed by atoms with Gasteiger partial charge >= 0.3 is 0 Å². The minimum atomic E-state index is -0.393. The first kappa shape index (κ1) is 23.9. The number of aryl methyl sites for hydroxylation is 1. The first-order valence-corrected chi connectivity index (χ1v) is 12.5. The highest BCUT2D eigenvalue weighted by Gasteiger charge is 2.55. The van der Waals surface area contributed by atoms with E-state index in [0.29, 0.717) is 6.61 Å². The number of hydrogen-bond acceptors (Lipinski definition) is 4. The largest absolute Gasteiger partial charge is 0.377 e. The van der Waals surface area contributed by atoms with Crippen molar-refractivity contribution in [3.63, 3.8) is 0 Å². The fourth-order valence-corrected chi connectivity index (χ4v) is 5.69. The topological polar surface area (TPSA) is 42.0 Å². The Morgan fingerprint density at radius 1 is 0.970 bits per heavy atom. The van der Waals surface area contributed by atoms with Crippen molar-refractivity contribution in [3.8, 4) is 0 Å². The molecule has 0 aliphatic carbocycles. The molecule has 0 bridgehead atoms. The summed E-state index contributed by atoms with van der Waals surface area (Å²) in [5.41, 5.74) is 2.17. The van der Waals surface area contributed by atoms with E-state index >= 15 is 0 Å². The number of benzene rings is 2. The Labute approximate surface area is 198 Å². The maximum Gasteiger partial charge on any atom is 0.268 e. The molecule has 2 saturated heterocycles. The first-order chi connectivity index (χ1) is 16.1. The number of rotatable bonds is 11. The Bertz CT molecular complexity index is 876. The monoisotopic (exact) mass is 450 g/mol. The van der Waals surface area contributed by atoms with Gasteiger partial charge in [0.2, 0.25) is 0 Å². The van der Waals surface area contributed by atoms with E-state index < -0.39 is 6.10 Å². The number of β-lactam (4-membered cyclic amide) rings is 1. The van der Waals surface area contributed by atoms with Crippen LogP contribution in [0.1, 0.15) is 57.1 Å². The van der Waals surface area contributed by atoms with Crippen molar-refractivity contribution < 1.29 is 14.3 Å². The molecule has 2 aromatic carbocycles. The number of nitrogens with zero attached hydrogens (tertiary/aromatic N) is 2. The smallest absolute Gasteiger partial charge is 0.268 e. The minimum Gasteiger partial charge on any atom is -0.377 e. The lowest BCUT2D eigenvalue weighted by Crippen LogP contribution is -2.73. The van der Waals surface area contributed by atoms with E-state index in [4.69, 9.17) is 9.47 Å². The highest BCUT2D eigenvalue weighted by atomic mass is 16.5. The summed E-state index contributed by atoms with van der Waals surface area (Å²) in [7, 11) is 1.82. The predicted molar refractivity (Wildman–Crippen MR) is 130 cm³/mol. The van der Waals surface area contributed by atoms with Gasteiger partial charge in [-0.05, 0) is 49.7 Å². The fraction of sp³-hybridized carbons (Fsp3) is 0.536. The zero-order chi connectivity index (χ0) is 23.3. The first-order valence-electron chi connectivity index (χ1n) is 12.5. The second kappa shape index (κ2) is 10.8. The number of ether oxygens (including phenoxy) is 2. The van der Waals surface area contributed by atoms with Gasteiger partial charge in [0.15, 0.2) is 6.10 Å². The average Bonchev–Trinajstić information content (AvgIpc) is 3.34. The van der Waals surface area contributed by atoms with Crippen molar-refractivity contribution in [3.05, 3.63) is 71.8 Å². The van der Waals surface area contributed by atoms with Crippen LogP contribution in [0.2, 0.25) is 0 Å². The number of hydrazine groups is 1. The maximum atomic E-state index is 13.4. The summed E-state index contributed by atoms with van der Waals surface area (Å²) in [6.07, 6.45) is 5.43. The lowest BCUT2D eigenvalue weighted by molar-refractivity contribution is -0.229. The highest BCUT2D eigenvalue weighted by Crippen LogP contribution is 2.40. The normalized spacial score (nSPS) is 23.7. The lowest BCUT2D eigenvalue weighted by atomic mass is 9.86. The molecule has 0 radical (unpaired) electrons. The molecule has 178 valence electrons. The van der Waals surface area contributed by atoms with Gasteiger partial charge in [-0.25, -0.2) is 5.01 Å². The number of hydrogen-bond donors (Lipinski definition) is 0. The van der Waals surface area contributed by atoms with Crippen LogP contribution in [0.25, 0.3) is 0 Å². The average molecular weight is 451 g/mol. The van der Waals surface area contributed by atoms with E-state index in [1.54, 1.807) is 0 Å². The van der Waals surface area contributed by atoms with Gasteiger partial charge in [0.05, 0.1) is 24.3 Å². The molecule has 0 spiro atoms. The number of carbonyl (C=O) groups is 1. The van der Waals surface area contributed by atoms with E-state index in [0.717, 1.165) is 50.6 Å². The van der Waals surface area contributed by atoms with Crippen LogP contribution in [0.5, 0.6) is 0 Å². The van der Waals surface area contributed by atoms with E-state index in [9.17, 15) is 4.79 Å². The molecule has 5 nitrogen and oxygen atoms in total. The van der Waals surface area contributed by atoms with Crippen molar-refractivity contribution >= 4 is 5.91 Å². The van der Waals surface area contributed by atoms with Gasteiger partial charge in [0.1, 0.15) is 0 Å². The maximum absolute atomic E-state index is 13.4. The van der Waals surface area contributed by atoms with Gasteiger partial charge in [-0.1, -0.05) is 74.5 Å². The molecule has 2 aliphatic rings. The van der Waals surface area contributed by atoms with Crippen LogP contribution in [0, 0.1) is 0 Å². The Morgan fingerprint density at radius 3 is 2.21 bits per heavy atom. The zero-order valence-corrected chi connectivity index (χ0v) is 20.3. The summed E-state index contributed by atoms with van der Waals surface area (Å²) >= 11 is 0. The van der Waals surface area contributed by atoms with Crippen LogP contribution in [0.3, 0.4) is 0 Å². The molecule has 5 heteroatoms. The van der Waals surface area contributed by atoms with Gasteiger partial charge < -0.3 is 9.47 Å². The summed E-state index contributed by atoms with van der Waals surface area (Å²) in [6, 6.07) is 20.9. The van der Waals surface area contributed by atoms with Crippen LogP contribution in [0.4, 0.5) is 0 Å². The van der Waals surface area contributed by atoms with Crippen LogP contribution in [-0.2, 0) is 27.3 Å². The van der Waals surface area contributed by atoms with Crippen LogP contribution in [-0.4, -0.2) is 53.4 Å². The predicted octanol–water partition coefficient (Wildman–Crippen LogP) is 5.00. The van der Waals surface area contributed by atoms with Gasteiger partial charge in [-0.15, -0.1) is 0 Å². The quantitative estimate of drug-likeness (QED) is 0.452. The second-order valence-electron chi connectivity index (χ2n) is 9.29. The number of amides is 1. The molecular formula is C28H38N2O3. The molecule has 0 aromatic heterocycles. The number of carbonyl (C=O) groups excluding carboxylic acids is 1. The highest BCUT2D eigenvalue weighted by molar-refractivity contribution is 5.88. The van der Waals surface area contributed by atoms with Gasteiger partial charge in [0.25, 0.3) is 5.91 Å². The molecule has 2 aromatic rings.